The minimum atomic E-state index is -0.0387. The Labute approximate surface area is 769 Å². The van der Waals surface area contributed by atoms with E-state index in [4.69, 9.17) is 19.9 Å². The second-order valence-corrected chi connectivity index (χ2v) is 44.5. The van der Waals surface area contributed by atoms with E-state index in [0.29, 0.717) is 17.8 Å². The van der Waals surface area contributed by atoms with Crippen LogP contribution in [0.1, 0.15) is 302 Å². The van der Waals surface area contributed by atoms with Gasteiger partial charge in [-0.2, -0.15) is 0 Å². The summed E-state index contributed by atoms with van der Waals surface area (Å²) in [5, 5.41) is 6.56. The summed E-state index contributed by atoms with van der Waals surface area (Å²) in [6.07, 6.45) is 22.8. The Morgan fingerprint density at radius 3 is 1.04 bits per heavy atom. The van der Waals surface area contributed by atoms with Gasteiger partial charge in [0, 0.05) is 49.5 Å². The van der Waals surface area contributed by atoms with Crippen LogP contribution in [0.3, 0.4) is 0 Å². The van der Waals surface area contributed by atoms with Gasteiger partial charge in [0.1, 0.15) is 28.5 Å². The van der Waals surface area contributed by atoms with Gasteiger partial charge in [0.05, 0.1) is 62.2 Å². The first-order valence-corrected chi connectivity index (χ1v) is 47.9. The molecule has 6 aliphatic rings. The van der Waals surface area contributed by atoms with Gasteiger partial charge in [-0.25, -0.2) is 22.8 Å². The SMILES string of the molecule is Cc1cc(C)c(C)c(-c2c3ccc(C(C)C)cc3nc[n+]2C)c1.Cc1ccc2c(c1C)-c1c3c(cc(C4CCCC4)cc3nc[n+]1C)C2(C)C.Cc1ccc2c(c1C)-c1c3c(cc(CC(C)(C)C)cc3nc[n+]1C)C2(C)C.Cc1cccc2c1-c1c3c(cc(C4CCCC4)cc3nc[n+]1C)C2(C)C.Cc1cccc2c1-c1c3c(cc(CC(C)(C)C)cc3nc[n+]1C)C2(C)C. The molecular weight excluding hydrogens is 1570 g/mol. The standard InChI is InChI=1S/C25H29N2.C25H31N2.C24H27N2.C24H29N2.C21H25N2/c1-15-10-11-19-22(16(15)2)24-23-20(25(19,3)4)12-18(17-8-6-7-9-17)13-21(23)26-14-27(24)5;1-15-9-10-18-21(16(15)2)23-22-19(25(18,6)7)11-17(13-24(3,4)5)12-20(22)26-14-27(23)8;1-15-8-7-11-18-21(15)23-22-19(24(18,2)3)12-17(16-9-5-6-10-16)13-20(22)25-14-26(23)4;1-15-9-8-10-17-20(15)22-21-18(24(17,5)6)11-16(13-23(2,3)4)12-19(21)25-14-26(22)7;1-13(2)17-7-8-18-20(11-17)22-12-23(6)21(18)19-10-14(3)9-15(4)16(19)5/h10-14,17H,6-9H2,1-5H3;9-12,14H,13H2,1-8H3;7-8,11-14,16H,5-6,9-10H2,1-4H3;8-12,14H,13H2,1-7H3;7-13H,1-6H3/q5*+1. The van der Waals surface area contributed by atoms with E-state index in [1.165, 1.54) is 268 Å². The Balaban J connectivity index is 0.000000113. The summed E-state index contributed by atoms with van der Waals surface area (Å²) in [4.78, 5) is 24.0. The summed E-state index contributed by atoms with van der Waals surface area (Å²) >= 11 is 0. The molecule has 5 heterocycles. The molecule has 0 aliphatic heterocycles. The fourth-order valence-corrected chi connectivity index (χ4v) is 23.3. The number of aryl methyl sites for hydroxylation is 11. The van der Waals surface area contributed by atoms with E-state index in [2.05, 4.69) is 376 Å². The van der Waals surface area contributed by atoms with E-state index in [1.807, 2.05) is 31.6 Å². The third-order valence-corrected chi connectivity index (χ3v) is 30.7. The molecule has 0 bridgehead atoms. The molecule has 10 nitrogen and oxygen atoms in total. The van der Waals surface area contributed by atoms with Gasteiger partial charge in [0.2, 0.25) is 0 Å². The molecule has 10 aromatic carbocycles. The lowest BCUT2D eigenvalue weighted by Crippen LogP contribution is -2.36. The summed E-state index contributed by atoms with van der Waals surface area (Å²) in [5.41, 5.74) is 50.2. The third kappa shape index (κ3) is 15.8. The van der Waals surface area contributed by atoms with Crippen molar-refractivity contribution >= 4 is 54.5 Å². The quantitative estimate of drug-likeness (QED) is 0.155. The van der Waals surface area contributed by atoms with Crippen molar-refractivity contribution in [1.82, 2.24) is 24.9 Å². The lowest BCUT2D eigenvalue weighted by molar-refractivity contribution is -0.662. The Morgan fingerprint density at radius 1 is 0.326 bits per heavy atom. The first-order valence-electron chi connectivity index (χ1n) is 47.9. The average Bonchev–Trinajstić information content (AvgIpc) is 1.42. The van der Waals surface area contributed by atoms with Crippen LogP contribution in [-0.4, -0.2) is 24.9 Å². The molecule has 0 atom stereocenters. The highest BCUT2D eigenvalue weighted by atomic mass is 15.0. The van der Waals surface area contributed by atoms with Gasteiger partial charge in [-0.15, -0.1) is 0 Å². The number of hydrogen-bond donors (Lipinski definition) is 0. The molecule has 0 unspecified atom stereocenters. The van der Waals surface area contributed by atoms with Gasteiger partial charge >= 0.3 is 0 Å². The minimum absolute atomic E-state index is 0.00273. The number of nitrogens with zero attached hydrogens (tertiary/aromatic N) is 10. The van der Waals surface area contributed by atoms with E-state index < -0.39 is 0 Å². The molecule has 0 spiro atoms. The van der Waals surface area contributed by atoms with Crippen LogP contribution < -0.4 is 22.8 Å². The normalized spacial score (nSPS) is 15.7. The van der Waals surface area contributed by atoms with Crippen LogP contribution in [0.25, 0.3) is 111 Å². The molecule has 2 saturated carbocycles. The average molecular weight is 1710 g/mol. The summed E-state index contributed by atoms with van der Waals surface area (Å²) < 4.78 is 11.0. The van der Waals surface area contributed by atoms with Gasteiger partial charge in [0.15, 0.2) is 27.6 Å². The second-order valence-electron chi connectivity index (χ2n) is 44.5. The van der Waals surface area contributed by atoms with E-state index in [0.717, 1.165) is 29.4 Å². The summed E-state index contributed by atoms with van der Waals surface area (Å²) in [7, 11) is 10.6. The van der Waals surface area contributed by atoms with E-state index >= 15 is 0 Å². The summed E-state index contributed by atoms with van der Waals surface area (Å²) in [6.45, 7) is 57.2. The lowest BCUT2D eigenvalue weighted by Gasteiger charge is -2.35. The largest absolute Gasteiger partial charge is 0.287 e. The molecule has 6 aliphatic carbocycles. The van der Waals surface area contributed by atoms with Crippen molar-refractivity contribution in [2.24, 2.45) is 46.1 Å². The molecule has 0 saturated heterocycles. The highest BCUT2D eigenvalue weighted by molar-refractivity contribution is 6.04. The van der Waals surface area contributed by atoms with E-state index in [-0.39, 0.29) is 32.5 Å². The zero-order chi connectivity index (χ0) is 92.3. The monoisotopic (exact) mass is 1710 g/mol. The van der Waals surface area contributed by atoms with Crippen molar-refractivity contribution in [2.75, 3.05) is 0 Å². The van der Waals surface area contributed by atoms with E-state index in [1.54, 1.807) is 0 Å². The van der Waals surface area contributed by atoms with Gasteiger partial charge in [-0.05, 0) is 314 Å². The van der Waals surface area contributed by atoms with Gasteiger partial charge in [-0.1, -0.05) is 239 Å². The number of rotatable bonds is 6. The Bertz CT molecular complexity index is 7100. The van der Waals surface area contributed by atoms with Crippen LogP contribution in [0, 0.1) is 73.1 Å². The maximum atomic E-state index is 4.87. The predicted molar refractivity (Wildman–Crippen MR) is 536 cm³/mol. The minimum Gasteiger partial charge on any atom is -0.232 e. The summed E-state index contributed by atoms with van der Waals surface area (Å²) in [5.74, 6) is 1.94. The fourth-order valence-electron chi connectivity index (χ4n) is 23.3. The molecule has 5 aromatic heterocycles. The van der Waals surface area contributed by atoms with Crippen LogP contribution in [0.2, 0.25) is 0 Å². The molecule has 662 valence electrons. The van der Waals surface area contributed by atoms with Gasteiger partial charge < -0.3 is 0 Å². The van der Waals surface area contributed by atoms with Crippen LogP contribution in [0.4, 0.5) is 0 Å². The van der Waals surface area contributed by atoms with Crippen molar-refractivity contribution in [3.8, 4) is 56.3 Å². The molecule has 2 fully saturated rings. The number of aromatic nitrogens is 10. The van der Waals surface area contributed by atoms with Crippen LogP contribution in [0.15, 0.2) is 171 Å². The van der Waals surface area contributed by atoms with Crippen molar-refractivity contribution in [1.29, 1.82) is 0 Å². The first-order chi connectivity index (χ1) is 60.9. The Kier molecular flexibility index (Phi) is 23.0. The fraction of sp³-hybridized carbons (Fsp3) is 0.412. The third-order valence-electron chi connectivity index (χ3n) is 30.7. The molecule has 0 amide bonds. The lowest BCUT2D eigenvalue weighted by atomic mass is 9.68. The van der Waals surface area contributed by atoms with Crippen molar-refractivity contribution in [3.63, 3.8) is 0 Å². The molecule has 129 heavy (non-hydrogen) atoms. The Morgan fingerprint density at radius 2 is 0.667 bits per heavy atom. The zero-order valence-electron chi connectivity index (χ0n) is 83.4. The number of benzene rings is 10. The molecule has 0 N–H and O–H groups in total. The van der Waals surface area contributed by atoms with Gasteiger partial charge in [0.25, 0.3) is 31.6 Å². The maximum absolute atomic E-state index is 4.87. The predicted octanol–water partition coefficient (Wildman–Crippen LogP) is 26.6. The molecule has 15 aromatic rings. The molecule has 0 radical (unpaired) electrons. The van der Waals surface area contributed by atoms with Crippen molar-refractivity contribution in [3.05, 3.63) is 294 Å². The molecule has 21 rings (SSSR count). The maximum Gasteiger partial charge on any atom is 0.287 e. The topological polar surface area (TPSA) is 83.8 Å². The highest BCUT2D eigenvalue weighted by Gasteiger charge is 2.45. The Hall–Kier alpha value is -11.1. The van der Waals surface area contributed by atoms with Crippen LogP contribution in [-0.2, 0) is 69.7 Å². The van der Waals surface area contributed by atoms with E-state index in [9.17, 15) is 0 Å². The smallest absolute Gasteiger partial charge is 0.232 e. The molecule has 10 heteroatoms. The number of fused-ring (bicyclic) bond motifs is 9. The first kappa shape index (κ1) is 89.9. The summed E-state index contributed by atoms with van der Waals surface area (Å²) in [6, 6.07) is 53.2. The van der Waals surface area contributed by atoms with Crippen molar-refractivity contribution in [2.45, 2.75) is 277 Å². The highest BCUT2D eigenvalue weighted by Crippen LogP contribution is 2.55. The van der Waals surface area contributed by atoms with Gasteiger partial charge in [-0.3, -0.25) is 0 Å². The van der Waals surface area contributed by atoms with Crippen LogP contribution in [0.5, 0.6) is 0 Å². The van der Waals surface area contributed by atoms with Crippen molar-refractivity contribution < 1.29 is 22.8 Å². The zero-order valence-corrected chi connectivity index (χ0v) is 83.4. The number of hydrogen-bond acceptors (Lipinski definition) is 5. The second kappa shape index (κ2) is 33.1. The molecular formula is C119H141N10+5. The van der Waals surface area contributed by atoms with Crippen LogP contribution >= 0.6 is 0 Å².